The zero-order valence-electron chi connectivity index (χ0n) is 16.1. The molecule has 3 nitrogen and oxygen atoms in total. The molecular weight excluding hydrogens is 312 g/mol. The number of fused-ring (bicyclic) bond motifs is 1. The molecule has 2 aliphatic carbocycles. The zero-order chi connectivity index (χ0) is 18.6. The van der Waals surface area contributed by atoms with E-state index in [1.54, 1.807) is 6.08 Å². The van der Waals surface area contributed by atoms with Crippen LogP contribution in [0, 0.1) is 35.5 Å². The summed E-state index contributed by atoms with van der Waals surface area (Å²) >= 11 is 0. The van der Waals surface area contributed by atoms with Crippen LogP contribution in [-0.2, 0) is 4.79 Å². The molecule has 2 rings (SSSR count). The van der Waals surface area contributed by atoms with Gasteiger partial charge in [-0.3, -0.25) is 0 Å². The quantitative estimate of drug-likeness (QED) is 0.426. The molecule has 0 saturated heterocycles. The lowest BCUT2D eigenvalue weighted by atomic mass is 9.53. The van der Waals surface area contributed by atoms with Gasteiger partial charge in [-0.25, -0.2) is 4.79 Å². The molecule has 2 saturated carbocycles. The summed E-state index contributed by atoms with van der Waals surface area (Å²) < 4.78 is 0. The molecule has 140 valence electrons. The van der Waals surface area contributed by atoms with Crippen molar-refractivity contribution in [1.82, 2.24) is 0 Å². The van der Waals surface area contributed by atoms with E-state index < -0.39 is 5.97 Å². The van der Waals surface area contributed by atoms with Crippen LogP contribution in [0.3, 0.4) is 0 Å². The second kappa shape index (κ2) is 8.84. The van der Waals surface area contributed by atoms with Crippen LogP contribution in [0.2, 0.25) is 0 Å². The number of rotatable bonds is 5. The number of aliphatic carboxylic acids is 1. The third-order valence-electron chi connectivity index (χ3n) is 6.41. The molecule has 0 amide bonds. The van der Waals surface area contributed by atoms with Gasteiger partial charge in [0.1, 0.15) is 0 Å². The second-order valence-electron chi connectivity index (χ2n) is 8.12. The maximum Gasteiger partial charge on any atom is 0.328 e. The van der Waals surface area contributed by atoms with E-state index in [4.69, 9.17) is 5.11 Å². The highest BCUT2D eigenvalue weighted by Gasteiger charge is 2.48. The van der Waals surface area contributed by atoms with Crippen molar-refractivity contribution in [2.24, 2.45) is 35.5 Å². The van der Waals surface area contributed by atoms with Gasteiger partial charge in [-0.05, 0) is 68.1 Å². The molecule has 0 bridgehead atoms. The van der Waals surface area contributed by atoms with Crippen LogP contribution in [0.5, 0.6) is 0 Å². The summed E-state index contributed by atoms with van der Waals surface area (Å²) in [6.07, 6.45) is 13.2. The summed E-state index contributed by atoms with van der Waals surface area (Å²) in [4.78, 5) is 10.7. The Kier molecular flexibility index (Phi) is 7.06. The Labute approximate surface area is 152 Å². The van der Waals surface area contributed by atoms with Crippen LogP contribution in [0.1, 0.15) is 53.4 Å². The number of aliphatic hydroxyl groups excluding tert-OH is 1. The molecule has 0 aromatic carbocycles. The van der Waals surface area contributed by atoms with Crippen LogP contribution in [-0.4, -0.2) is 22.3 Å². The van der Waals surface area contributed by atoms with Crippen molar-refractivity contribution < 1.29 is 15.0 Å². The molecule has 7 atom stereocenters. The van der Waals surface area contributed by atoms with E-state index in [0.717, 1.165) is 25.7 Å². The third kappa shape index (κ3) is 4.63. The Balaban J connectivity index is 2.37. The maximum absolute atomic E-state index is 10.7. The largest absolute Gasteiger partial charge is 0.478 e. The average molecular weight is 347 g/mol. The fourth-order valence-electron chi connectivity index (χ4n) is 5.48. The van der Waals surface area contributed by atoms with E-state index in [0.29, 0.717) is 35.5 Å². The van der Waals surface area contributed by atoms with Crippen molar-refractivity contribution in [3.63, 3.8) is 0 Å². The van der Waals surface area contributed by atoms with Gasteiger partial charge < -0.3 is 10.2 Å². The molecule has 0 heterocycles. The van der Waals surface area contributed by atoms with Crippen LogP contribution in [0.15, 0.2) is 36.0 Å². The van der Waals surface area contributed by atoms with E-state index in [9.17, 15) is 9.90 Å². The second-order valence-corrected chi connectivity index (χ2v) is 8.12. The van der Waals surface area contributed by atoms with E-state index in [1.807, 2.05) is 6.08 Å². The number of hydrogen-bond acceptors (Lipinski definition) is 2. The number of aliphatic hydroxyl groups is 1. The Hall–Kier alpha value is -1.35. The van der Waals surface area contributed by atoms with Gasteiger partial charge in [0.2, 0.25) is 0 Å². The minimum atomic E-state index is -0.917. The lowest BCUT2D eigenvalue weighted by molar-refractivity contribution is -0.131. The normalized spacial score (nSPS) is 39.7. The van der Waals surface area contributed by atoms with Gasteiger partial charge in [-0.2, -0.15) is 0 Å². The first kappa shape index (κ1) is 20.0. The molecule has 0 aliphatic heterocycles. The highest BCUT2D eigenvalue weighted by molar-refractivity contribution is 5.80. The van der Waals surface area contributed by atoms with Gasteiger partial charge in [0.05, 0.1) is 6.10 Å². The summed E-state index contributed by atoms with van der Waals surface area (Å²) in [7, 11) is 0. The summed E-state index contributed by atoms with van der Waals surface area (Å²) in [5.41, 5.74) is 1.44. The van der Waals surface area contributed by atoms with E-state index >= 15 is 0 Å². The molecule has 0 unspecified atom stereocenters. The van der Waals surface area contributed by atoms with E-state index in [1.165, 1.54) is 11.6 Å². The Bertz CT molecular complexity index is 545. The standard InChI is InChI=1S/C22H34O3/c1-5-8-14(2)21-16(4)13-18-19(23)12-11-15(3)22(18)17(21)9-6-7-10-20(24)25/h6-10,15-19,21-23H,5,11-13H2,1-4H3,(H,24,25)/b9-6+,10-7+,14-8-/t15-,16-,17+,18-,19-,21+,22-/m0/s1. The van der Waals surface area contributed by atoms with Crippen molar-refractivity contribution in [2.75, 3.05) is 0 Å². The third-order valence-corrected chi connectivity index (χ3v) is 6.41. The zero-order valence-corrected chi connectivity index (χ0v) is 16.1. The van der Waals surface area contributed by atoms with E-state index in [-0.39, 0.29) is 6.10 Å². The predicted octanol–water partition coefficient (Wildman–Crippen LogP) is 4.84. The molecule has 25 heavy (non-hydrogen) atoms. The monoisotopic (exact) mass is 346 g/mol. The van der Waals surface area contributed by atoms with Crippen molar-refractivity contribution >= 4 is 5.97 Å². The fourth-order valence-corrected chi connectivity index (χ4v) is 5.48. The first-order chi connectivity index (χ1) is 11.9. The summed E-state index contributed by atoms with van der Waals surface area (Å²) in [5.74, 6) is 1.88. The first-order valence-electron chi connectivity index (χ1n) is 9.79. The van der Waals surface area contributed by atoms with Gasteiger partial charge >= 0.3 is 5.97 Å². The lowest BCUT2D eigenvalue weighted by Gasteiger charge is -2.52. The molecule has 2 N–H and O–H groups in total. The van der Waals surface area contributed by atoms with Crippen LogP contribution >= 0.6 is 0 Å². The number of carboxylic acid groups (broad SMARTS) is 1. The number of carbonyl (C=O) groups is 1. The minimum Gasteiger partial charge on any atom is -0.478 e. The summed E-state index contributed by atoms with van der Waals surface area (Å²) in [5, 5.41) is 19.4. The van der Waals surface area contributed by atoms with E-state index in [2.05, 4.69) is 39.8 Å². The molecule has 0 aromatic rings. The number of hydrogen-bond donors (Lipinski definition) is 2. The van der Waals surface area contributed by atoms with Crippen LogP contribution in [0.4, 0.5) is 0 Å². The maximum atomic E-state index is 10.7. The molecular formula is C22H34O3. The molecule has 3 heteroatoms. The highest BCUT2D eigenvalue weighted by atomic mass is 16.4. The number of allylic oxidation sites excluding steroid dienone is 5. The van der Waals surface area contributed by atoms with Crippen LogP contribution < -0.4 is 0 Å². The fraction of sp³-hybridized carbons (Fsp3) is 0.682. The topological polar surface area (TPSA) is 57.5 Å². The molecule has 0 spiro atoms. The molecule has 2 fully saturated rings. The highest BCUT2D eigenvalue weighted by Crippen LogP contribution is 2.53. The minimum absolute atomic E-state index is 0.189. The number of carboxylic acids is 1. The van der Waals surface area contributed by atoms with Crippen molar-refractivity contribution in [3.8, 4) is 0 Å². The van der Waals surface area contributed by atoms with Crippen molar-refractivity contribution in [3.05, 3.63) is 36.0 Å². The van der Waals surface area contributed by atoms with Gasteiger partial charge in [-0.15, -0.1) is 0 Å². The van der Waals surface area contributed by atoms with Gasteiger partial charge in [0.15, 0.2) is 0 Å². The van der Waals surface area contributed by atoms with Gasteiger partial charge in [0.25, 0.3) is 0 Å². The molecule has 0 aromatic heterocycles. The molecule has 2 aliphatic rings. The van der Waals surface area contributed by atoms with Crippen LogP contribution in [0.25, 0.3) is 0 Å². The Morgan fingerprint density at radius 3 is 2.52 bits per heavy atom. The molecule has 0 radical (unpaired) electrons. The first-order valence-corrected chi connectivity index (χ1v) is 9.79. The summed E-state index contributed by atoms with van der Waals surface area (Å²) in [6.45, 7) is 9.05. The van der Waals surface area contributed by atoms with Gasteiger partial charge in [-0.1, -0.05) is 50.6 Å². The van der Waals surface area contributed by atoms with Crippen molar-refractivity contribution in [1.29, 1.82) is 0 Å². The Morgan fingerprint density at radius 1 is 1.16 bits per heavy atom. The summed E-state index contributed by atoms with van der Waals surface area (Å²) in [6, 6.07) is 0. The smallest absolute Gasteiger partial charge is 0.328 e. The van der Waals surface area contributed by atoms with Crippen molar-refractivity contribution in [2.45, 2.75) is 59.5 Å². The Morgan fingerprint density at radius 2 is 1.88 bits per heavy atom. The lowest BCUT2D eigenvalue weighted by Crippen LogP contribution is -2.48. The SMILES string of the molecule is CC/C=C(/C)[C@H]1[C@@H](/C=C/C=C/C(=O)O)[C@H]2[C@@H](C[C@@H]1C)[C@@H](O)CC[C@@H]2C. The predicted molar refractivity (Wildman–Crippen MR) is 102 cm³/mol. The van der Waals surface area contributed by atoms with Gasteiger partial charge in [0, 0.05) is 6.08 Å². The average Bonchev–Trinajstić information content (AvgIpc) is 2.54.